The van der Waals surface area contributed by atoms with Crippen molar-refractivity contribution < 1.29 is 9.63 Å². The summed E-state index contributed by atoms with van der Waals surface area (Å²) in [5.41, 5.74) is 2.87. The van der Waals surface area contributed by atoms with Gasteiger partial charge in [0.1, 0.15) is 5.70 Å². The smallest absolute Gasteiger partial charge is 0.372 e. The Bertz CT molecular complexity index is 166. The van der Waals surface area contributed by atoms with Gasteiger partial charge in [0, 0.05) is 20.6 Å². The third kappa shape index (κ3) is 3.98. The fourth-order valence-corrected chi connectivity index (χ4v) is 0.460. The minimum atomic E-state index is -0.437. The molecule has 0 spiro atoms. The van der Waals surface area contributed by atoms with Gasteiger partial charge in [-0.1, -0.05) is 13.5 Å². The topological polar surface area (TPSA) is 41.6 Å². The zero-order valence-electron chi connectivity index (χ0n) is 7.89. The van der Waals surface area contributed by atoms with E-state index in [1.54, 1.807) is 19.0 Å². The Balaban J connectivity index is 3.65. The van der Waals surface area contributed by atoms with Gasteiger partial charge in [-0.05, 0) is 6.42 Å². The summed E-state index contributed by atoms with van der Waals surface area (Å²) in [6.45, 7) is 6.19. The Labute approximate surface area is 73.1 Å². The molecular formula is C8H16N2O2. The SMILES string of the molecule is C=C(C(=O)ONCCC)N(C)C. The van der Waals surface area contributed by atoms with Crippen molar-refractivity contribution >= 4 is 5.97 Å². The van der Waals surface area contributed by atoms with E-state index in [0.29, 0.717) is 12.2 Å². The summed E-state index contributed by atoms with van der Waals surface area (Å²) < 4.78 is 0. The maximum Gasteiger partial charge on any atom is 0.372 e. The van der Waals surface area contributed by atoms with Crippen molar-refractivity contribution in [2.45, 2.75) is 13.3 Å². The summed E-state index contributed by atoms with van der Waals surface area (Å²) in [5.74, 6) is -0.437. The van der Waals surface area contributed by atoms with Crippen LogP contribution in [0.3, 0.4) is 0 Å². The number of nitrogens with zero attached hydrogens (tertiary/aromatic N) is 1. The number of hydroxylamine groups is 1. The predicted molar refractivity (Wildman–Crippen MR) is 47.2 cm³/mol. The van der Waals surface area contributed by atoms with Gasteiger partial charge in [-0.15, -0.1) is 0 Å². The second-order valence-electron chi connectivity index (χ2n) is 2.62. The van der Waals surface area contributed by atoms with Crippen molar-refractivity contribution in [2.75, 3.05) is 20.6 Å². The van der Waals surface area contributed by atoms with Crippen molar-refractivity contribution in [3.8, 4) is 0 Å². The van der Waals surface area contributed by atoms with Crippen LogP contribution in [0.4, 0.5) is 0 Å². The van der Waals surface area contributed by atoms with Gasteiger partial charge in [-0.3, -0.25) is 0 Å². The lowest BCUT2D eigenvalue weighted by atomic mass is 10.5. The molecule has 0 aromatic heterocycles. The van der Waals surface area contributed by atoms with Crippen molar-refractivity contribution in [2.24, 2.45) is 0 Å². The molecule has 0 aromatic rings. The molecule has 0 unspecified atom stereocenters. The lowest BCUT2D eigenvalue weighted by molar-refractivity contribution is -0.147. The summed E-state index contributed by atoms with van der Waals surface area (Å²) in [7, 11) is 3.48. The number of rotatable bonds is 5. The summed E-state index contributed by atoms with van der Waals surface area (Å²) >= 11 is 0. The van der Waals surface area contributed by atoms with E-state index in [-0.39, 0.29) is 0 Å². The van der Waals surface area contributed by atoms with E-state index in [4.69, 9.17) is 0 Å². The van der Waals surface area contributed by atoms with E-state index < -0.39 is 5.97 Å². The Morgan fingerprint density at radius 2 is 2.17 bits per heavy atom. The summed E-state index contributed by atoms with van der Waals surface area (Å²) in [4.78, 5) is 17.3. The fraction of sp³-hybridized carbons (Fsp3) is 0.625. The number of likely N-dealkylation sites (N-methyl/N-ethyl adjacent to an activating group) is 1. The van der Waals surface area contributed by atoms with Gasteiger partial charge in [0.2, 0.25) is 0 Å². The average Bonchev–Trinajstić information content (AvgIpc) is 2.03. The van der Waals surface area contributed by atoms with Crippen LogP contribution in [0.5, 0.6) is 0 Å². The maximum atomic E-state index is 11.0. The highest BCUT2D eigenvalue weighted by atomic mass is 16.7. The lowest BCUT2D eigenvalue weighted by Crippen LogP contribution is -2.26. The largest absolute Gasteiger partial charge is 0.372 e. The van der Waals surface area contributed by atoms with Crippen molar-refractivity contribution in [1.29, 1.82) is 0 Å². The van der Waals surface area contributed by atoms with Gasteiger partial charge in [0.25, 0.3) is 0 Å². The molecular weight excluding hydrogens is 156 g/mol. The van der Waals surface area contributed by atoms with Gasteiger partial charge >= 0.3 is 5.97 Å². The van der Waals surface area contributed by atoms with Crippen LogP contribution in [-0.4, -0.2) is 31.5 Å². The minimum Gasteiger partial charge on any atom is -0.372 e. The maximum absolute atomic E-state index is 11.0. The fourth-order valence-electron chi connectivity index (χ4n) is 0.460. The molecule has 0 heterocycles. The van der Waals surface area contributed by atoms with E-state index >= 15 is 0 Å². The van der Waals surface area contributed by atoms with E-state index in [1.165, 1.54) is 0 Å². The molecule has 0 atom stereocenters. The van der Waals surface area contributed by atoms with Crippen molar-refractivity contribution in [3.05, 3.63) is 12.3 Å². The van der Waals surface area contributed by atoms with Crippen LogP contribution in [0.2, 0.25) is 0 Å². The average molecular weight is 172 g/mol. The molecule has 70 valence electrons. The summed E-state index contributed by atoms with van der Waals surface area (Å²) in [6, 6.07) is 0. The van der Waals surface area contributed by atoms with Crippen LogP contribution in [-0.2, 0) is 9.63 Å². The zero-order valence-corrected chi connectivity index (χ0v) is 7.89. The molecule has 0 saturated heterocycles. The van der Waals surface area contributed by atoms with Crippen LogP contribution in [0.25, 0.3) is 0 Å². The van der Waals surface area contributed by atoms with Crippen LogP contribution in [0.1, 0.15) is 13.3 Å². The Morgan fingerprint density at radius 1 is 1.58 bits per heavy atom. The first-order valence-corrected chi connectivity index (χ1v) is 3.89. The Hall–Kier alpha value is -1.03. The van der Waals surface area contributed by atoms with Crippen LogP contribution < -0.4 is 5.48 Å². The van der Waals surface area contributed by atoms with Gasteiger partial charge in [-0.2, -0.15) is 5.48 Å². The molecule has 0 fully saturated rings. The van der Waals surface area contributed by atoms with Gasteiger partial charge in [0.15, 0.2) is 0 Å². The first-order valence-electron chi connectivity index (χ1n) is 3.89. The Morgan fingerprint density at radius 3 is 2.58 bits per heavy atom. The molecule has 0 aliphatic heterocycles. The number of carbonyl (C=O) groups excluding carboxylic acids is 1. The minimum absolute atomic E-state index is 0.332. The first kappa shape index (κ1) is 11.0. The van der Waals surface area contributed by atoms with Gasteiger partial charge < -0.3 is 9.74 Å². The Kier molecular flexibility index (Phi) is 5.12. The molecule has 0 aliphatic rings. The normalized spacial score (nSPS) is 9.25. The van der Waals surface area contributed by atoms with Gasteiger partial charge in [-0.25, -0.2) is 4.79 Å². The molecule has 0 amide bonds. The zero-order chi connectivity index (χ0) is 9.56. The molecule has 0 radical (unpaired) electrons. The number of hydrogen-bond donors (Lipinski definition) is 1. The quantitative estimate of drug-likeness (QED) is 0.373. The molecule has 0 bridgehead atoms. The van der Waals surface area contributed by atoms with E-state index in [2.05, 4.69) is 16.9 Å². The highest BCUT2D eigenvalue weighted by molar-refractivity contribution is 5.86. The lowest BCUT2D eigenvalue weighted by Gasteiger charge is -2.13. The number of nitrogens with one attached hydrogen (secondary N) is 1. The van der Waals surface area contributed by atoms with E-state index in [9.17, 15) is 4.79 Å². The molecule has 0 aromatic carbocycles. The molecule has 0 rings (SSSR count). The second kappa shape index (κ2) is 5.60. The van der Waals surface area contributed by atoms with E-state index in [0.717, 1.165) is 6.42 Å². The van der Waals surface area contributed by atoms with Crippen LogP contribution in [0.15, 0.2) is 12.3 Å². The molecule has 0 saturated carbocycles. The second-order valence-corrected chi connectivity index (χ2v) is 2.62. The predicted octanol–water partition coefficient (Wildman–Crippen LogP) is 0.519. The van der Waals surface area contributed by atoms with Crippen molar-refractivity contribution in [3.63, 3.8) is 0 Å². The first-order chi connectivity index (χ1) is 5.59. The summed E-state index contributed by atoms with van der Waals surface area (Å²) in [6.07, 6.45) is 0.918. The van der Waals surface area contributed by atoms with E-state index in [1.807, 2.05) is 6.92 Å². The third-order valence-electron chi connectivity index (χ3n) is 1.29. The van der Waals surface area contributed by atoms with Crippen LogP contribution in [0, 0.1) is 0 Å². The molecule has 1 N–H and O–H groups in total. The standard InChI is InChI=1S/C8H16N2O2/c1-5-6-9-12-8(11)7(2)10(3)4/h9H,2,5-6H2,1,3-4H3. The number of carbonyl (C=O) groups is 1. The molecule has 4 heteroatoms. The third-order valence-corrected chi connectivity index (χ3v) is 1.29. The van der Waals surface area contributed by atoms with Crippen LogP contribution >= 0.6 is 0 Å². The van der Waals surface area contributed by atoms with Gasteiger partial charge in [0.05, 0.1) is 0 Å². The summed E-state index contributed by atoms with van der Waals surface area (Å²) in [5, 5.41) is 0. The number of hydrogen-bond acceptors (Lipinski definition) is 4. The molecule has 4 nitrogen and oxygen atoms in total. The molecule has 12 heavy (non-hydrogen) atoms. The monoisotopic (exact) mass is 172 g/mol. The molecule has 0 aliphatic carbocycles. The highest BCUT2D eigenvalue weighted by Gasteiger charge is 2.09. The van der Waals surface area contributed by atoms with Crippen molar-refractivity contribution in [1.82, 2.24) is 10.4 Å². The highest BCUT2D eigenvalue weighted by Crippen LogP contribution is 1.95.